The maximum absolute atomic E-state index is 12.4. The van der Waals surface area contributed by atoms with Gasteiger partial charge in [0.05, 0.1) is 5.56 Å². The molecule has 1 aliphatic carbocycles. The summed E-state index contributed by atoms with van der Waals surface area (Å²) in [5, 5.41) is 12.2. The lowest BCUT2D eigenvalue weighted by Crippen LogP contribution is -2.52. The maximum atomic E-state index is 12.4. The first kappa shape index (κ1) is 16.7. The molecule has 2 aliphatic rings. The van der Waals surface area contributed by atoms with E-state index >= 15 is 0 Å². The predicted octanol–water partition coefficient (Wildman–Crippen LogP) is 2.59. The number of aliphatic carboxylic acids is 1. The fraction of sp³-hybridized carbons (Fsp3) is 0.611. The SMILES string of the molecule is O=C(NC1(C(=O)O)CCCC1)c1ccc(N2CCCCCC2)nc1. The van der Waals surface area contributed by atoms with Crippen LogP contribution >= 0.6 is 0 Å². The van der Waals surface area contributed by atoms with E-state index < -0.39 is 11.5 Å². The molecule has 0 radical (unpaired) electrons. The molecule has 6 nitrogen and oxygen atoms in total. The Balaban J connectivity index is 1.68. The van der Waals surface area contributed by atoms with Gasteiger partial charge in [-0.25, -0.2) is 9.78 Å². The van der Waals surface area contributed by atoms with E-state index in [0.717, 1.165) is 31.7 Å². The predicted molar refractivity (Wildman–Crippen MR) is 91.2 cm³/mol. The van der Waals surface area contributed by atoms with E-state index in [1.807, 2.05) is 6.07 Å². The van der Waals surface area contributed by atoms with Gasteiger partial charge in [-0.05, 0) is 37.8 Å². The van der Waals surface area contributed by atoms with Crippen LogP contribution in [0.5, 0.6) is 0 Å². The number of carbonyl (C=O) groups excluding carboxylic acids is 1. The number of hydrogen-bond acceptors (Lipinski definition) is 4. The highest BCUT2D eigenvalue weighted by atomic mass is 16.4. The number of amides is 1. The van der Waals surface area contributed by atoms with Crippen molar-refractivity contribution < 1.29 is 14.7 Å². The highest BCUT2D eigenvalue weighted by Crippen LogP contribution is 2.30. The Labute approximate surface area is 142 Å². The molecule has 6 heteroatoms. The molecule has 0 bridgehead atoms. The lowest BCUT2D eigenvalue weighted by molar-refractivity contribution is -0.144. The first-order chi connectivity index (χ1) is 11.6. The van der Waals surface area contributed by atoms with E-state index in [4.69, 9.17) is 0 Å². The summed E-state index contributed by atoms with van der Waals surface area (Å²) >= 11 is 0. The molecule has 0 unspecified atom stereocenters. The topological polar surface area (TPSA) is 82.5 Å². The summed E-state index contributed by atoms with van der Waals surface area (Å²) in [4.78, 5) is 30.7. The maximum Gasteiger partial charge on any atom is 0.329 e. The Morgan fingerprint density at radius 1 is 1.04 bits per heavy atom. The van der Waals surface area contributed by atoms with Gasteiger partial charge in [-0.3, -0.25) is 4.79 Å². The Kier molecular flexibility index (Phi) is 5.02. The zero-order chi connectivity index (χ0) is 17.0. The van der Waals surface area contributed by atoms with Crippen molar-refractivity contribution in [3.05, 3.63) is 23.9 Å². The third-order valence-electron chi connectivity index (χ3n) is 5.16. The lowest BCUT2D eigenvalue weighted by Gasteiger charge is -2.25. The zero-order valence-corrected chi connectivity index (χ0v) is 14.0. The van der Waals surface area contributed by atoms with Crippen molar-refractivity contribution >= 4 is 17.7 Å². The van der Waals surface area contributed by atoms with E-state index in [2.05, 4.69) is 15.2 Å². The average Bonchev–Trinajstić information content (AvgIpc) is 2.90. The van der Waals surface area contributed by atoms with E-state index in [1.54, 1.807) is 12.3 Å². The van der Waals surface area contributed by atoms with Gasteiger partial charge in [0.2, 0.25) is 0 Å². The van der Waals surface area contributed by atoms with E-state index in [0.29, 0.717) is 18.4 Å². The van der Waals surface area contributed by atoms with Crippen molar-refractivity contribution in [2.45, 2.75) is 56.9 Å². The third kappa shape index (κ3) is 3.52. The summed E-state index contributed by atoms with van der Waals surface area (Å²) in [6.07, 6.45) is 9.07. The van der Waals surface area contributed by atoms with Gasteiger partial charge in [-0.1, -0.05) is 25.7 Å². The van der Waals surface area contributed by atoms with Crippen LogP contribution in [0.15, 0.2) is 18.3 Å². The van der Waals surface area contributed by atoms with Crippen LogP contribution < -0.4 is 10.2 Å². The van der Waals surface area contributed by atoms with Gasteiger partial charge in [0.25, 0.3) is 5.91 Å². The number of hydrogen-bond donors (Lipinski definition) is 2. The Bertz CT molecular complexity index is 586. The molecule has 1 aliphatic heterocycles. The quantitative estimate of drug-likeness (QED) is 0.886. The summed E-state index contributed by atoms with van der Waals surface area (Å²) in [7, 11) is 0. The van der Waals surface area contributed by atoms with Crippen LogP contribution in [0.3, 0.4) is 0 Å². The molecule has 2 N–H and O–H groups in total. The second-order valence-electron chi connectivity index (χ2n) is 6.85. The summed E-state index contributed by atoms with van der Waals surface area (Å²) in [6, 6.07) is 3.61. The van der Waals surface area contributed by atoms with Gasteiger partial charge in [0, 0.05) is 19.3 Å². The summed E-state index contributed by atoms with van der Waals surface area (Å²) in [5.74, 6) is -0.404. The number of carbonyl (C=O) groups is 2. The molecule has 0 spiro atoms. The van der Waals surface area contributed by atoms with Crippen LogP contribution in [0, 0.1) is 0 Å². The van der Waals surface area contributed by atoms with Gasteiger partial charge in [0.15, 0.2) is 0 Å². The molecule has 0 atom stereocenters. The molecular formula is C18H25N3O3. The summed E-state index contributed by atoms with van der Waals surface area (Å²) in [5.41, 5.74) is -0.693. The van der Waals surface area contributed by atoms with Gasteiger partial charge < -0.3 is 15.3 Å². The van der Waals surface area contributed by atoms with Crippen molar-refractivity contribution in [1.82, 2.24) is 10.3 Å². The van der Waals surface area contributed by atoms with Crippen molar-refractivity contribution in [3.63, 3.8) is 0 Å². The van der Waals surface area contributed by atoms with Crippen LogP contribution in [0.2, 0.25) is 0 Å². The van der Waals surface area contributed by atoms with Gasteiger partial charge in [0.1, 0.15) is 11.4 Å². The van der Waals surface area contributed by atoms with Crippen LogP contribution in [0.1, 0.15) is 61.7 Å². The van der Waals surface area contributed by atoms with Crippen molar-refractivity contribution in [3.8, 4) is 0 Å². The minimum absolute atomic E-state index is 0.353. The summed E-state index contributed by atoms with van der Waals surface area (Å²) < 4.78 is 0. The van der Waals surface area contributed by atoms with Crippen LogP contribution in [-0.4, -0.2) is 40.6 Å². The molecule has 1 aromatic heterocycles. The van der Waals surface area contributed by atoms with Crippen LogP contribution in [0.4, 0.5) is 5.82 Å². The smallest absolute Gasteiger partial charge is 0.329 e. The Hall–Kier alpha value is -2.11. The first-order valence-corrected chi connectivity index (χ1v) is 8.88. The average molecular weight is 331 g/mol. The number of carboxylic acid groups (broad SMARTS) is 1. The van der Waals surface area contributed by atoms with E-state index in [-0.39, 0.29) is 5.91 Å². The molecule has 130 valence electrons. The van der Waals surface area contributed by atoms with Gasteiger partial charge in [-0.2, -0.15) is 0 Å². The summed E-state index contributed by atoms with van der Waals surface area (Å²) in [6.45, 7) is 2.00. The number of aromatic nitrogens is 1. The fourth-order valence-corrected chi connectivity index (χ4v) is 3.67. The highest BCUT2D eigenvalue weighted by molar-refractivity contribution is 5.97. The zero-order valence-electron chi connectivity index (χ0n) is 14.0. The number of rotatable bonds is 4. The largest absolute Gasteiger partial charge is 0.480 e. The Morgan fingerprint density at radius 3 is 2.25 bits per heavy atom. The van der Waals surface area contributed by atoms with Crippen LogP contribution in [-0.2, 0) is 4.79 Å². The molecule has 24 heavy (non-hydrogen) atoms. The molecule has 1 saturated carbocycles. The highest BCUT2D eigenvalue weighted by Gasteiger charge is 2.42. The molecular weight excluding hydrogens is 306 g/mol. The van der Waals surface area contributed by atoms with Crippen molar-refractivity contribution in [1.29, 1.82) is 0 Å². The first-order valence-electron chi connectivity index (χ1n) is 8.88. The van der Waals surface area contributed by atoms with Gasteiger partial charge in [-0.15, -0.1) is 0 Å². The standard InChI is InChI=1S/C18H25N3O3/c22-16(20-18(17(23)24)9-3-4-10-18)14-7-8-15(19-13-14)21-11-5-1-2-6-12-21/h7-8,13H,1-6,9-12H2,(H,20,22)(H,23,24). The number of nitrogens with one attached hydrogen (secondary N) is 1. The van der Waals surface area contributed by atoms with E-state index in [9.17, 15) is 14.7 Å². The minimum atomic E-state index is -1.11. The van der Waals surface area contributed by atoms with Crippen molar-refractivity contribution in [2.24, 2.45) is 0 Å². The minimum Gasteiger partial charge on any atom is -0.480 e. The lowest BCUT2D eigenvalue weighted by atomic mass is 9.97. The molecule has 1 amide bonds. The Morgan fingerprint density at radius 2 is 1.71 bits per heavy atom. The second-order valence-corrected chi connectivity index (χ2v) is 6.85. The molecule has 0 aromatic carbocycles. The normalized spacial score (nSPS) is 20.4. The molecule has 3 rings (SSSR count). The van der Waals surface area contributed by atoms with Crippen molar-refractivity contribution in [2.75, 3.05) is 18.0 Å². The molecule has 2 fully saturated rings. The van der Waals surface area contributed by atoms with Crippen LogP contribution in [0.25, 0.3) is 0 Å². The third-order valence-corrected chi connectivity index (χ3v) is 5.16. The number of carboxylic acids is 1. The number of pyridine rings is 1. The monoisotopic (exact) mass is 331 g/mol. The molecule has 1 saturated heterocycles. The second kappa shape index (κ2) is 7.20. The van der Waals surface area contributed by atoms with E-state index in [1.165, 1.54) is 25.7 Å². The number of nitrogens with zero attached hydrogens (tertiary/aromatic N) is 2. The molecule has 2 heterocycles. The number of anilines is 1. The fourth-order valence-electron chi connectivity index (χ4n) is 3.67. The van der Waals surface area contributed by atoms with Gasteiger partial charge >= 0.3 is 5.97 Å². The molecule has 1 aromatic rings.